The van der Waals surface area contributed by atoms with Gasteiger partial charge in [-0.3, -0.25) is 10.1 Å². The van der Waals surface area contributed by atoms with Gasteiger partial charge in [-0.15, -0.1) is 0 Å². The lowest BCUT2D eigenvalue weighted by Crippen LogP contribution is -2.00. The maximum Gasteiger partial charge on any atom is 0.337 e. The van der Waals surface area contributed by atoms with Crippen LogP contribution in [0.5, 0.6) is 0 Å². The van der Waals surface area contributed by atoms with E-state index >= 15 is 0 Å². The Hall–Kier alpha value is -2.17. The number of nitro groups is 1. The fraction of sp³-hybridized carbons (Fsp3) is 0.182. The van der Waals surface area contributed by atoms with E-state index in [1.165, 1.54) is 20.1 Å². The summed E-state index contributed by atoms with van der Waals surface area (Å²) in [5, 5.41) is 10.4. The molecule has 1 rings (SSSR count). The first kappa shape index (κ1) is 11.9. The molecule has 1 aromatic rings. The molecule has 0 unspecified atom stereocenters. The van der Waals surface area contributed by atoms with Crippen molar-refractivity contribution in [1.29, 1.82) is 0 Å². The summed E-state index contributed by atoms with van der Waals surface area (Å²) >= 11 is 0. The molecule has 0 atom stereocenters. The summed E-state index contributed by atoms with van der Waals surface area (Å²) in [6.07, 6.45) is 1.43. The molecule has 0 amide bonds. The normalized spacial score (nSPS) is 11.0. The quantitative estimate of drug-likeness (QED) is 0.445. The molecule has 0 aliphatic rings. The highest BCUT2D eigenvalue weighted by Crippen LogP contribution is 2.09. The van der Waals surface area contributed by atoms with Gasteiger partial charge in [-0.1, -0.05) is 12.1 Å². The lowest BCUT2D eigenvalue weighted by atomic mass is 10.1. The maximum atomic E-state index is 11.1. The van der Waals surface area contributed by atoms with Crippen LogP contribution in [0.2, 0.25) is 0 Å². The van der Waals surface area contributed by atoms with E-state index in [1.807, 2.05) is 0 Å². The zero-order chi connectivity index (χ0) is 12.1. The molecular formula is C11H11NO4. The number of carbonyl (C=O) groups excluding carboxylic acids is 1. The van der Waals surface area contributed by atoms with Crippen molar-refractivity contribution in [3.05, 3.63) is 51.2 Å². The zero-order valence-electron chi connectivity index (χ0n) is 8.97. The van der Waals surface area contributed by atoms with Crippen molar-refractivity contribution >= 4 is 12.0 Å². The van der Waals surface area contributed by atoms with Crippen LogP contribution in [-0.2, 0) is 4.74 Å². The molecule has 0 heterocycles. The number of carbonyl (C=O) groups is 1. The third-order valence-electron chi connectivity index (χ3n) is 2.00. The molecule has 0 bridgehead atoms. The predicted octanol–water partition coefficient (Wildman–Crippen LogP) is 2.11. The molecule has 0 aliphatic carbocycles. The van der Waals surface area contributed by atoms with Crippen molar-refractivity contribution in [2.45, 2.75) is 6.92 Å². The Bertz CT molecular complexity index is 434. The second-order valence-corrected chi connectivity index (χ2v) is 3.16. The number of methoxy groups -OCH3 is 1. The maximum absolute atomic E-state index is 11.1. The van der Waals surface area contributed by atoms with Crippen molar-refractivity contribution in [3.8, 4) is 0 Å². The lowest BCUT2D eigenvalue weighted by molar-refractivity contribution is -0.422. The fourth-order valence-corrected chi connectivity index (χ4v) is 1.13. The van der Waals surface area contributed by atoms with Crippen LogP contribution in [0.15, 0.2) is 30.0 Å². The number of ether oxygens (including phenoxy) is 1. The van der Waals surface area contributed by atoms with Gasteiger partial charge in [0.05, 0.1) is 17.6 Å². The zero-order valence-corrected chi connectivity index (χ0v) is 8.97. The Kier molecular flexibility index (Phi) is 3.77. The Morgan fingerprint density at radius 3 is 2.38 bits per heavy atom. The molecule has 0 saturated carbocycles. The summed E-state index contributed by atoms with van der Waals surface area (Å²) < 4.78 is 4.53. The first-order valence-corrected chi connectivity index (χ1v) is 4.55. The van der Waals surface area contributed by atoms with E-state index in [4.69, 9.17) is 0 Å². The molecule has 0 radical (unpaired) electrons. The van der Waals surface area contributed by atoms with Crippen LogP contribution in [0.1, 0.15) is 22.8 Å². The lowest BCUT2D eigenvalue weighted by Gasteiger charge is -1.99. The number of rotatable bonds is 3. The van der Waals surface area contributed by atoms with Gasteiger partial charge < -0.3 is 4.74 Å². The van der Waals surface area contributed by atoms with Crippen LogP contribution < -0.4 is 0 Å². The van der Waals surface area contributed by atoms with Crippen LogP contribution in [0.3, 0.4) is 0 Å². The molecule has 0 fully saturated rings. The summed E-state index contributed by atoms with van der Waals surface area (Å²) in [4.78, 5) is 21.0. The summed E-state index contributed by atoms with van der Waals surface area (Å²) in [7, 11) is 1.30. The van der Waals surface area contributed by atoms with Crippen molar-refractivity contribution in [2.24, 2.45) is 0 Å². The number of nitrogens with zero attached hydrogens (tertiary/aromatic N) is 1. The van der Waals surface area contributed by atoms with Crippen molar-refractivity contribution in [1.82, 2.24) is 0 Å². The third-order valence-corrected chi connectivity index (χ3v) is 2.00. The van der Waals surface area contributed by atoms with E-state index in [2.05, 4.69) is 4.74 Å². The SMILES string of the molecule is COC(=O)c1ccc(C=C(C)[N+](=O)[O-])cc1. The number of benzene rings is 1. The molecule has 0 N–H and O–H groups in total. The summed E-state index contributed by atoms with van der Waals surface area (Å²) in [6.45, 7) is 1.41. The van der Waals surface area contributed by atoms with Gasteiger partial charge in [0.15, 0.2) is 0 Å². The van der Waals surface area contributed by atoms with Gasteiger partial charge in [0, 0.05) is 13.0 Å². The van der Waals surface area contributed by atoms with E-state index in [9.17, 15) is 14.9 Å². The summed E-state index contributed by atoms with van der Waals surface area (Å²) in [6, 6.07) is 6.37. The Labute approximate surface area is 92.5 Å². The predicted molar refractivity (Wildman–Crippen MR) is 58.4 cm³/mol. The number of esters is 1. The van der Waals surface area contributed by atoms with Crippen LogP contribution in [-0.4, -0.2) is 18.0 Å². The first-order valence-electron chi connectivity index (χ1n) is 4.55. The highest BCUT2D eigenvalue weighted by Gasteiger charge is 2.05. The minimum Gasteiger partial charge on any atom is -0.465 e. The molecule has 84 valence electrons. The highest BCUT2D eigenvalue weighted by atomic mass is 16.6. The molecule has 1 aromatic carbocycles. The Morgan fingerprint density at radius 2 is 1.94 bits per heavy atom. The fourth-order valence-electron chi connectivity index (χ4n) is 1.13. The van der Waals surface area contributed by atoms with Crippen LogP contribution in [0, 0.1) is 10.1 Å². The molecule has 16 heavy (non-hydrogen) atoms. The van der Waals surface area contributed by atoms with E-state index in [1.54, 1.807) is 24.3 Å². The van der Waals surface area contributed by atoms with Gasteiger partial charge in [-0.05, 0) is 17.7 Å². The molecule has 0 aliphatic heterocycles. The van der Waals surface area contributed by atoms with E-state index < -0.39 is 10.9 Å². The van der Waals surface area contributed by atoms with Crippen LogP contribution >= 0.6 is 0 Å². The van der Waals surface area contributed by atoms with Gasteiger partial charge in [0.1, 0.15) is 0 Å². The van der Waals surface area contributed by atoms with Gasteiger partial charge in [0.25, 0.3) is 0 Å². The Balaban J connectivity index is 2.91. The second-order valence-electron chi connectivity index (χ2n) is 3.16. The molecule has 0 aromatic heterocycles. The summed E-state index contributed by atoms with van der Waals surface area (Å²) in [5.74, 6) is -0.429. The van der Waals surface area contributed by atoms with Gasteiger partial charge in [-0.25, -0.2) is 4.79 Å². The topological polar surface area (TPSA) is 69.4 Å². The monoisotopic (exact) mass is 221 g/mol. The van der Waals surface area contributed by atoms with Gasteiger partial charge in [-0.2, -0.15) is 0 Å². The molecular weight excluding hydrogens is 210 g/mol. The number of hydrogen-bond donors (Lipinski definition) is 0. The smallest absolute Gasteiger partial charge is 0.337 e. The average Bonchev–Trinajstić information content (AvgIpc) is 2.28. The van der Waals surface area contributed by atoms with E-state index in [-0.39, 0.29) is 5.70 Å². The second kappa shape index (κ2) is 5.06. The van der Waals surface area contributed by atoms with E-state index in [0.29, 0.717) is 11.1 Å². The van der Waals surface area contributed by atoms with Gasteiger partial charge in [0.2, 0.25) is 5.70 Å². The van der Waals surface area contributed by atoms with Gasteiger partial charge >= 0.3 is 5.97 Å². The Morgan fingerprint density at radius 1 is 1.38 bits per heavy atom. The molecule has 0 saturated heterocycles. The largest absolute Gasteiger partial charge is 0.465 e. The number of allylic oxidation sites excluding steroid dienone is 1. The highest BCUT2D eigenvalue weighted by molar-refractivity contribution is 5.89. The van der Waals surface area contributed by atoms with Crippen molar-refractivity contribution in [3.63, 3.8) is 0 Å². The van der Waals surface area contributed by atoms with E-state index in [0.717, 1.165) is 0 Å². The third kappa shape index (κ3) is 2.91. The van der Waals surface area contributed by atoms with Crippen LogP contribution in [0.25, 0.3) is 6.08 Å². The standard InChI is InChI=1S/C11H11NO4/c1-8(12(14)15)7-9-3-5-10(6-4-9)11(13)16-2/h3-7H,1-2H3. The average molecular weight is 221 g/mol. The minimum atomic E-state index is -0.464. The van der Waals surface area contributed by atoms with Crippen molar-refractivity contribution in [2.75, 3.05) is 7.11 Å². The van der Waals surface area contributed by atoms with Crippen molar-refractivity contribution < 1.29 is 14.5 Å². The minimum absolute atomic E-state index is 0.0471. The summed E-state index contributed by atoms with van der Waals surface area (Å²) in [5.41, 5.74) is 1.13. The number of hydrogen-bond acceptors (Lipinski definition) is 4. The molecule has 5 heteroatoms. The molecule has 5 nitrogen and oxygen atoms in total. The molecule has 0 spiro atoms. The first-order chi connectivity index (χ1) is 7.54. The van der Waals surface area contributed by atoms with Crippen LogP contribution in [0.4, 0.5) is 0 Å².